The molecular weight excluding hydrogens is 440 g/mol. The van der Waals surface area contributed by atoms with E-state index >= 15 is 0 Å². The summed E-state index contributed by atoms with van der Waals surface area (Å²) in [7, 11) is 0. The Morgan fingerprint density at radius 2 is 1.97 bits per heavy atom. The number of pyridine rings is 1. The van der Waals surface area contributed by atoms with Crippen LogP contribution in [0.25, 0.3) is 11.3 Å². The van der Waals surface area contributed by atoms with E-state index in [9.17, 15) is 4.79 Å². The maximum absolute atomic E-state index is 12.8. The topological polar surface area (TPSA) is 96.2 Å². The number of hydrogen-bond donors (Lipinski definition) is 2. The Balaban J connectivity index is 1.46. The molecule has 3 aromatic heterocycles. The van der Waals surface area contributed by atoms with Crippen LogP contribution in [-0.2, 0) is 6.54 Å². The van der Waals surface area contributed by atoms with Crippen LogP contribution in [0.15, 0.2) is 71.5 Å². The van der Waals surface area contributed by atoms with Crippen LogP contribution in [0.4, 0.5) is 17.3 Å². The largest absolute Gasteiger partial charge is 0.455 e. The van der Waals surface area contributed by atoms with Crippen LogP contribution in [-0.4, -0.2) is 38.3 Å². The Hall–Kier alpha value is -4.04. The van der Waals surface area contributed by atoms with Crippen LogP contribution < -0.4 is 10.6 Å². The van der Waals surface area contributed by atoms with Gasteiger partial charge in [-0.15, -0.1) is 0 Å². The summed E-state index contributed by atoms with van der Waals surface area (Å²) in [4.78, 5) is 28.2. The van der Waals surface area contributed by atoms with E-state index in [1.807, 2.05) is 49.4 Å². The molecule has 1 aromatic carbocycles. The van der Waals surface area contributed by atoms with Gasteiger partial charge in [-0.1, -0.05) is 13.0 Å². The van der Waals surface area contributed by atoms with Crippen molar-refractivity contribution >= 4 is 23.2 Å². The van der Waals surface area contributed by atoms with Gasteiger partial charge in [0.2, 0.25) is 5.95 Å². The summed E-state index contributed by atoms with van der Waals surface area (Å²) < 4.78 is 5.81. The molecule has 0 fully saturated rings. The molecule has 0 radical (unpaired) electrons. The number of anilines is 3. The zero-order valence-corrected chi connectivity index (χ0v) is 20.4. The van der Waals surface area contributed by atoms with E-state index in [0.29, 0.717) is 24.2 Å². The van der Waals surface area contributed by atoms with E-state index in [0.717, 1.165) is 34.8 Å². The highest BCUT2D eigenvalue weighted by Gasteiger charge is 2.15. The first kappa shape index (κ1) is 24.1. The van der Waals surface area contributed by atoms with E-state index in [1.165, 1.54) is 0 Å². The fourth-order valence-corrected chi connectivity index (χ4v) is 3.69. The summed E-state index contributed by atoms with van der Waals surface area (Å²) in [5.41, 5.74) is 4.10. The lowest BCUT2D eigenvalue weighted by Gasteiger charge is -2.23. The number of aryl methyl sites for hydroxylation is 1. The minimum atomic E-state index is -0.298. The molecule has 4 aromatic rings. The summed E-state index contributed by atoms with van der Waals surface area (Å²) in [5.74, 6) is 1.21. The highest BCUT2D eigenvalue weighted by molar-refractivity contribution is 6.02. The first-order chi connectivity index (χ1) is 16.9. The monoisotopic (exact) mass is 470 g/mol. The van der Waals surface area contributed by atoms with Gasteiger partial charge in [-0.05, 0) is 75.3 Å². The van der Waals surface area contributed by atoms with Crippen LogP contribution in [0.5, 0.6) is 0 Å². The number of hydrogen-bond acceptors (Lipinski definition) is 7. The van der Waals surface area contributed by atoms with Gasteiger partial charge in [0.25, 0.3) is 5.91 Å². The molecule has 0 saturated carbocycles. The van der Waals surface area contributed by atoms with Gasteiger partial charge in [0.1, 0.15) is 5.76 Å². The van der Waals surface area contributed by atoms with Gasteiger partial charge in [-0.2, -0.15) is 0 Å². The van der Waals surface area contributed by atoms with Crippen molar-refractivity contribution in [3.8, 4) is 11.3 Å². The molecule has 3 heterocycles. The third-order valence-corrected chi connectivity index (χ3v) is 5.74. The maximum atomic E-state index is 12.8. The Morgan fingerprint density at radius 1 is 1.11 bits per heavy atom. The molecule has 0 atom stereocenters. The lowest BCUT2D eigenvalue weighted by molar-refractivity contribution is 0.0992. The predicted octanol–water partition coefficient (Wildman–Crippen LogP) is 5.67. The number of carbonyl (C=O) groups excluding carboxylic acids is 1. The number of nitrogens with one attached hydrogen (secondary N) is 2. The molecule has 8 heteroatoms. The molecule has 0 aliphatic rings. The average molecular weight is 471 g/mol. The Bertz CT molecular complexity index is 1290. The van der Waals surface area contributed by atoms with E-state index in [1.54, 1.807) is 24.7 Å². The molecule has 2 N–H and O–H groups in total. The van der Waals surface area contributed by atoms with Crippen molar-refractivity contribution in [2.45, 2.75) is 40.3 Å². The summed E-state index contributed by atoms with van der Waals surface area (Å²) in [6.45, 7) is 9.95. The van der Waals surface area contributed by atoms with Gasteiger partial charge in [-0.3, -0.25) is 14.7 Å². The Labute approximate surface area is 205 Å². The number of benzene rings is 1. The first-order valence-electron chi connectivity index (χ1n) is 11.7. The smallest absolute Gasteiger partial charge is 0.291 e. The molecule has 0 spiro atoms. The van der Waals surface area contributed by atoms with Crippen molar-refractivity contribution in [2.75, 3.05) is 17.2 Å². The molecule has 0 aliphatic carbocycles. The van der Waals surface area contributed by atoms with Crippen LogP contribution in [0.3, 0.4) is 0 Å². The molecule has 8 nitrogen and oxygen atoms in total. The first-order valence-corrected chi connectivity index (χ1v) is 11.7. The highest BCUT2D eigenvalue weighted by atomic mass is 16.4. The quantitative estimate of drug-likeness (QED) is 0.325. The van der Waals surface area contributed by atoms with Crippen molar-refractivity contribution in [3.05, 3.63) is 84.2 Å². The van der Waals surface area contributed by atoms with Crippen molar-refractivity contribution in [3.63, 3.8) is 0 Å². The molecule has 180 valence electrons. The molecule has 4 rings (SSSR count). The number of rotatable bonds is 9. The van der Waals surface area contributed by atoms with Gasteiger partial charge < -0.3 is 15.1 Å². The second-order valence-electron chi connectivity index (χ2n) is 8.54. The molecule has 35 heavy (non-hydrogen) atoms. The molecule has 0 unspecified atom stereocenters. The molecular formula is C27H30N6O2. The van der Waals surface area contributed by atoms with E-state index in [4.69, 9.17) is 4.42 Å². The number of nitrogens with zero attached hydrogens (tertiary/aromatic N) is 4. The van der Waals surface area contributed by atoms with E-state index in [2.05, 4.69) is 51.3 Å². The number of amides is 1. The number of aromatic nitrogens is 3. The van der Waals surface area contributed by atoms with Gasteiger partial charge >= 0.3 is 0 Å². The standard InChI is InChI=1S/C27H30N6O2/c1-5-33(18(2)3)17-22-10-11-25(35-22)26(34)30-21-9-8-19(4)24(15-21)32-27-29-14-12-23(31-27)20-7-6-13-28-16-20/h6-16,18H,5,17H2,1-4H3,(H,30,34)(H,29,31,32). The van der Waals surface area contributed by atoms with E-state index < -0.39 is 0 Å². The summed E-state index contributed by atoms with van der Waals surface area (Å²) in [6, 6.07) is 15.3. The van der Waals surface area contributed by atoms with Crippen LogP contribution in [0.2, 0.25) is 0 Å². The van der Waals surface area contributed by atoms with Gasteiger partial charge in [0.05, 0.1) is 12.2 Å². The van der Waals surface area contributed by atoms with Crippen molar-refractivity contribution in [1.82, 2.24) is 19.9 Å². The fraction of sp³-hybridized carbons (Fsp3) is 0.259. The SMILES string of the molecule is CCN(Cc1ccc(C(=O)Nc2ccc(C)c(Nc3nccc(-c4cccnc4)n3)c2)o1)C(C)C. The number of furan rings is 1. The summed E-state index contributed by atoms with van der Waals surface area (Å²) in [5, 5.41) is 6.17. The van der Waals surface area contributed by atoms with Gasteiger partial charge in [0.15, 0.2) is 5.76 Å². The summed E-state index contributed by atoms with van der Waals surface area (Å²) >= 11 is 0. The Kier molecular flexibility index (Phi) is 7.52. The summed E-state index contributed by atoms with van der Waals surface area (Å²) in [6.07, 6.45) is 5.18. The molecule has 0 saturated heterocycles. The van der Waals surface area contributed by atoms with Crippen LogP contribution >= 0.6 is 0 Å². The third-order valence-electron chi connectivity index (χ3n) is 5.74. The Morgan fingerprint density at radius 3 is 2.71 bits per heavy atom. The highest BCUT2D eigenvalue weighted by Crippen LogP contribution is 2.25. The zero-order valence-electron chi connectivity index (χ0n) is 20.4. The zero-order chi connectivity index (χ0) is 24.8. The fourth-order valence-electron chi connectivity index (χ4n) is 3.69. The third kappa shape index (κ3) is 6.10. The van der Waals surface area contributed by atoms with E-state index in [-0.39, 0.29) is 11.7 Å². The van der Waals surface area contributed by atoms with Gasteiger partial charge in [-0.25, -0.2) is 9.97 Å². The lowest BCUT2D eigenvalue weighted by atomic mass is 10.1. The molecule has 0 aliphatic heterocycles. The van der Waals surface area contributed by atoms with Crippen molar-refractivity contribution in [2.24, 2.45) is 0 Å². The van der Waals surface area contributed by atoms with Crippen LogP contribution in [0.1, 0.15) is 42.6 Å². The number of carbonyl (C=O) groups is 1. The second kappa shape index (κ2) is 10.9. The second-order valence-corrected chi connectivity index (χ2v) is 8.54. The van der Waals surface area contributed by atoms with Crippen molar-refractivity contribution in [1.29, 1.82) is 0 Å². The van der Waals surface area contributed by atoms with Crippen molar-refractivity contribution < 1.29 is 9.21 Å². The minimum Gasteiger partial charge on any atom is -0.455 e. The minimum absolute atomic E-state index is 0.280. The molecule has 0 bridgehead atoms. The normalized spacial score (nSPS) is 11.1. The van der Waals surface area contributed by atoms with Crippen LogP contribution in [0, 0.1) is 6.92 Å². The maximum Gasteiger partial charge on any atom is 0.291 e. The molecule has 1 amide bonds. The lowest BCUT2D eigenvalue weighted by Crippen LogP contribution is -2.29. The average Bonchev–Trinajstić information content (AvgIpc) is 3.34. The van der Waals surface area contributed by atoms with Gasteiger partial charge in [0, 0.05) is 41.6 Å². The predicted molar refractivity (Wildman–Crippen MR) is 138 cm³/mol.